The van der Waals surface area contributed by atoms with Crippen LogP contribution in [0, 0.1) is 12.9 Å². The average Bonchev–Trinajstić information content (AvgIpc) is 3.19. The fraction of sp³-hybridized carbons (Fsp3) is 0.385. The normalized spacial score (nSPS) is 16.0. The summed E-state index contributed by atoms with van der Waals surface area (Å²) >= 11 is 0. The Morgan fingerprint density at radius 1 is 1.06 bits per heavy atom. The van der Waals surface area contributed by atoms with Crippen LogP contribution in [0.1, 0.15) is 44.9 Å². The van der Waals surface area contributed by atoms with Crippen molar-refractivity contribution in [2.24, 2.45) is 0 Å². The largest absolute Gasteiger partial charge is 0.444 e. The van der Waals surface area contributed by atoms with Gasteiger partial charge in [-0.1, -0.05) is 6.07 Å². The van der Waals surface area contributed by atoms with E-state index in [-0.39, 0.29) is 5.56 Å². The lowest BCUT2D eigenvalue weighted by atomic mass is 9.85. The molecule has 36 heavy (non-hydrogen) atoms. The van der Waals surface area contributed by atoms with Crippen molar-refractivity contribution in [3.63, 3.8) is 0 Å². The number of aromatic nitrogens is 4. The molecule has 1 N–H and O–H groups in total. The molecule has 1 fully saturated rings. The van der Waals surface area contributed by atoms with E-state index < -0.39 is 23.2 Å². The minimum Gasteiger partial charge on any atom is -0.444 e. The van der Waals surface area contributed by atoms with Gasteiger partial charge >= 0.3 is 6.09 Å². The molecule has 1 amide bonds. The Hall–Kier alpha value is -3.79. The molecule has 0 radical (unpaired) electrons. The first-order valence-electron chi connectivity index (χ1n) is 11.8. The highest BCUT2D eigenvalue weighted by molar-refractivity contribution is 5.68. The van der Waals surface area contributed by atoms with E-state index in [1.807, 2.05) is 20.8 Å². The van der Waals surface area contributed by atoms with Crippen molar-refractivity contribution >= 4 is 17.4 Å². The van der Waals surface area contributed by atoms with Gasteiger partial charge < -0.3 is 14.7 Å². The van der Waals surface area contributed by atoms with Gasteiger partial charge in [-0.25, -0.2) is 14.8 Å². The zero-order chi connectivity index (χ0) is 25.8. The fourth-order valence-corrected chi connectivity index (χ4v) is 4.52. The summed E-state index contributed by atoms with van der Waals surface area (Å²) in [5, 5.41) is 11.3. The molecule has 188 valence electrons. The quantitative estimate of drug-likeness (QED) is 0.428. The van der Waals surface area contributed by atoms with Crippen molar-refractivity contribution in [2.45, 2.75) is 51.7 Å². The zero-order valence-corrected chi connectivity index (χ0v) is 20.7. The average molecular weight is 494 g/mol. The van der Waals surface area contributed by atoms with Gasteiger partial charge in [0, 0.05) is 48.7 Å². The van der Waals surface area contributed by atoms with E-state index in [1.165, 1.54) is 20.9 Å². The minimum absolute atomic E-state index is 0.307. The number of likely N-dealkylation sites (tertiary alicyclic amines) is 1. The number of hydrogen-bond acceptors (Lipinski definition) is 6. The van der Waals surface area contributed by atoms with Gasteiger partial charge in [0.25, 0.3) is 5.56 Å². The SMILES string of the molecule is Cc1cn2c(F)cc(-c3cc(=O)n4cc(C5(O)CCN(C(=O)OC(C)(C)C)CC5)ccc4n3)cc2n1. The molecule has 0 unspecified atom stereocenters. The van der Waals surface area contributed by atoms with Crippen LogP contribution >= 0.6 is 0 Å². The third-order valence-electron chi connectivity index (χ3n) is 6.38. The Bertz CT molecular complexity index is 1540. The lowest BCUT2D eigenvalue weighted by Gasteiger charge is -2.38. The van der Waals surface area contributed by atoms with E-state index >= 15 is 0 Å². The highest BCUT2D eigenvalue weighted by Crippen LogP contribution is 2.33. The van der Waals surface area contributed by atoms with Crippen LogP contribution in [0.3, 0.4) is 0 Å². The van der Waals surface area contributed by atoms with Crippen LogP contribution in [0.2, 0.25) is 0 Å². The molecule has 5 heterocycles. The predicted molar refractivity (Wildman–Crippen MR) is 131 cm³/mol. The third-order valence-corrected chi connectivity index (χ3v) is 6.38. The van der Waals surface area contributed by atoms with E-state index in [0.717, 1.165) is 0 Å². The first-order chi connectivity index (χ1) is 16.9. The molecule has 1 aliphatic heterocycles. The summed E-state index contributed by atoms with van der Waals surface area (Å²) in [6, 6.07) is 7.74. The van der Waals surface area contributed by atoms with Crippen molar-refractivity contribution in [1.82, 2.24) is 23.7 Å². The molecule has 1 aliphatic rings. The van der Waals surface area contributed by atoms with Crippen LogP contribution < -0.4 is 5.56 Å². The Morgan fingerprint density at radius 2 is 1.78 bits per heavy atom. The second kappa shape index (κ2) is 8.41. The lowest BCUT2D eigenvalue weighted by Crippen LogP contribution is -2.47. The Labute approximate surface area is 206 Å². The molecule has 0 spiro atoms. The van der Waals surface area contributed by atoms with Crippen molar-refractivity contribution in [3.05, 3.63) is 70.3 Å². The first-order valence-corrected chi connectivity index (χ1v) is 11.8. The highest BCUT2D eigenvalue weighted by Gasteiger charge is 2.37. The summed E-state index contributed by atoms with van der Waals surface area (Å²) < 4.78 is 22.7. The van der Waals surface area contributed by atoms with Crippen molar-refractivity contribution in [1.29, 1.82) is 0 Å². The van der Waals surface area contributed by atoms with Crippen molar-refractivity contribution < 1.29 is 19.0 Å². The molecule has 4 aromatic heterocycles. The molecule has 0 bridgehead atoms. The van der Waals surface area contributed by atoms with Crippen LogP contribution in [0.25, 0.3) is 22.6 Å². The number of nitrogens with zero attached hydrogens (tertiary/aromatic N) is 5. The van der Waals surface area contributed by atoms with Gasteiger partial charge in [0.05, 0.1) is 17.0 Å². The summed E-state index contributed by atoms with van der Waals surface area (Å²) in [4.78, 5) is 35.8. The molecule has 5 rings (SSSR count). The number of fused-ring (bicyclic) bond motifs is 2. The van der Waals surface area contributed by atoms with E-state index in [9.17, 15) is 19.1 Å². The van der Waals surface area contributed by atoms with Gasteiger partial charge in [-0.3, -0.25) is 13.6 Å². The number of amides is 1. The number of rotatable bonds is 2. The molecule has 0 saturated carbocycles. The van der Waals surface area contributed by atoms with Crippen LogP contribution in [-0.2, 0) is 10.3 Å². The molecule has 0 aliphatic carbocycles. The van der Waals surface area contributed by atoms with Crippen LogP contribution in [0.4, 0.5) is 9.18 Å². The third kappa shape index (κ3) is 4.44. The Morgan fingerprint density at radius 3 is 2.47 bits per heavy atom. The maximum absolute atomic E-state index is 14.6. The monoisotopic (exact) mass is 493 g/mol. The maximum Gasteiger partial charge on any atom is 0.410 e. The fourth-order valence-electron chi connectivity index (χ4n) is 4.52. The van der Waals surface area contributed by atoms with Crippen LogP contribution in [-0.4, -0.2) is 53.6 Å². The minimum atomic E-state index is -1.20. The molecule has 10 heteroatoms. The standard InChI is InChI=1S/C26H28FN5O4/c1-16-14-31-20(27)11-17(12-22(31)28-16)19-13-23(33)32-15-18(5-6-21(32)29-19)26(35)7-9-30(10-8-26)24(34)36-25(2,3)4/h5-6,11-15,35H,7-10H2,1-4H3. The van der Waals surface area contributed by atoms with Crippen LogP contribution in [0.15, 0.2) is 47.5 Å². The summed E-state index contributed by atoms with van der Waals surface area (Å²) in [5.74, 6) is -0.500. The molecule has 0 atom stereocenters. The number of carbonyl (C=O) groups is 1. The van der Waals surface area contributed by atoms with Crippen molar-refractivity contribution in [2.75, 3.05) is 13.1 Å². The number of aliphatic hydroxyl groups is 1. The number of halogens is 1. The van der Waals surface area contributed by atoms with Crippen LogP contribution in [0.5, 0.6) is 0 Å². The van der Waals surface area contributed by atoms with E-state index in [4.69, 9.17) is 4.74 Å². The van der Waals surface area contributed by atoms with E-state index in [2.05, 4.69) is 9.97 Å². The number of carbonyl (C=O) groups excluding carboxylic acids is 1. The number of hydrogen-bond donors (Lipinski definition) is 1. The second-order valence-corrected chi connectivity index (χ2v) is 10.3. The predicted octanol–water partition coefficient (Wildman–Crippen LogP) is 3.68. The molecule has 4 aromatic rings. The number of imidazole rings is 1. The number of piperidine rings is 1. The lowest BCUT2D eigenvalue weighted by molar-refractivity contribution is -0.0358. The van der Waals surface area contributed by atoms with Gasteiger partial charge in [-0.05, 0) is 52.7 Å². The molecule has 1 saturated heterocycles. The molecule has 9 nitrogen and oxygen atoms in total. The molecular formula is C26H28FN5O4. The molecular weight excluding hydrogens is 465 g/mol. The Balaban J connectivity index is 1.42. The van der Waals surface area contributed by atoms with E-state index in [0.29, 0.717) is 59.7 Å². The van der Waals surface area contributed by atoms with Gasteiger partial charge in [0.1, 0.15) is 16.9 Å². The van der Waals surface area contributed by atoms with E-state index in [1.54, 1.807) is 42.4 Å². The topological polar surface area (TPSA) is 101 Å². The number of pyridine rings is 2. The summed E-state index contributed by atoms with van der Waals surface area (Å²) in [6.45, 7) is 7.87. The number of ether oxygens (including phenoxy) is 1. The summed E-state index contributed by atoms with van der Waals surface area (Å²) in [5.41, 5.74) is 0.683. The first kappa shape index (κ1) is 23.9. The molecule has 0 aromatic carbocycles. The Kier molecular flexibility index (Phi) is 5.59. The van der Waals surface area contributed by atoms with Gasteiger partial charge in [-0.15, -0.1) is 0 Å². The maximum atomic E-state index is 14.6. The zero-order valence-electron chi connectivity index (χ0n) is 20.7. The second-order valence-electron chi connectivity index (χ2n) is 10.3. The van der Waals surface area contributed by atoms with Gasteiger partial charge in [0.15, 0.2) is 5.95 Å². The van der Waals surface area contributed by atoms with Gasteiger partial charge in [0.2, 0.25) is 0 Å². The highest BCUT2D eigenvalue weighted by atomic mass is 19.1. The smallest absolute Gasteiger partial charge is 0.410 e. The summed E-state index contributed by atoms with van der Waals surface area (Å²) in [7, 11) is 0. The van der Waals surface area contributed by atoms with Gasteiger partial charge in [-0.2, -0.15) is 4.39 Å². The van der Waals surface area contributed by atoms with Crippen molar-refractivity contribution in [3.8, 4) is 11.3 Å². The summed E-state index contributed by atoms with van der Waals surface area (Å²) in [6.07, 6.45) is 3.39. The number of aryl methyl sites for hydroxylation is 1.